The van der Waals surface area contributed by atoms with Crippen molar-refractivity contribution in [2.45, 2.75) is 19.3 Å². The number of carbonyl (C=O) groups is 2. The van der Waals surface area contributed by atoms with Crippen molar-refractivity contribution in [2.24, 2.45) is 11.3 Å². The van der Waals surface area contributed by atoms with E-state index in [0.29, 0.717) is 16.9 Å². The summed E-state index contributed by atoms with van der Waals surface area (Å²) < 4.78 is 0. The number of anilines is 2. The highest BCUT2D eigenvalue weighted by Gasteiger charge is 2.57. The summed E-state index contributed by atoms with van der Waals surface area (Å²) in [5.74, 6) is -0.0377. The molecule has 2 fully saturated rings. The topological polar surface area (TPSA) is 70.2 Å². The lowest BCUT2D eigenvalue weighted by molar-refractivity contribution is -0.118. The SMILES string of the molecule is O=C(Nc1ccccc1NC(=O)[C@@H]1CC12CCNCC2)c1ccccc1. The van der Waals surface area contributed by atoms with Gasteiger partial charge in [0.25, 0.3) is 5.91 Å². The smallest absolute Gasteiger partial charge is 0.255 e. The van der Waals surface area contributed by atoms with Crippen molar-refractivity contribution in [3.63, 3.8) is 0 Å². The Morgan fingerprint density at radius 1 is 0.885 bits per heavy atom. The minimum absolute atomic E-state index is 0.0633. The van der Waals surface area contributed by atoms with Gasteiger partial charge >= 0.3 is 0 Å². The lowest BCUT2D eigenvalue weighted by Gasteiger charge is -2.23. The van der Waals surface area contributed by atoms with E-state index in [-0.39, 0.29) is 23.1 Å². The Balaban J connectivity index is 1.45. The van der Waals surface area contributed by atoms with Crippen LogP contribution in [0.25, 0.3) is 0 Å². The maximum absolute atomic E-state index is 12.7. The van der Waals surface area contributed by atoms with Gasteiger partial charge in [-0.15, -0.1) is 0 Å². The molecule has 2 aromatic rings. The lowest BCUT2D eigenvalue weighted by atomic mass is 9.92. The normalized spacial score (nSPS) is 20.4. The van der Waals surface area contributed by atoms with Gasteiger partial charge in [0.2, 0.25) is 5.91 Å². The Morgan fingerprint density at radius 3 is 2.19 bits per heavy atom. The predicted octanol–water partition coefficient (Wildman–Crippen LogP) is 3.27. The van der Waals surface area contributed by atoms with Gasteiger partial charge in [0, 0.05) is 11.5 Å². The summed E-state index contributed by atoms with van der Waals surface area (Å²) in [7, 11) is 0. The molecule has 0 aromatic heterocycles. The van der Waals surface area contributed by atoms with E-state index in [4.69, 9.17) is 0 Å². The molecule has 1 aliphatic carbocycles. The maximum atomic E-state index is 12.7. The van der Waals surface area contributed by atoms with Crippen LogP contribution in [0.2, 0.25) is 0 Å². The molecule has 1 aliphatic heterocycles. The minimum atomic E-state index is -0.187. The lowest BCUT2D eigenvalue weighted by Crippen LogP contribution is -2.31. The van der Waals surface area contributed by atoms with Crippen LogP contribution < -0.4 is 16.0 Å². The Hall–Kier alpha value is -2.66. The van der Waals surface area contributed by atoms with Gasteiger partial charge in [-0.2, -0.15) is 0 Å². The third kappa shape index (κ3) is 3.35. The molecular formula is C21H23N3O2. The fourth-order valence-electron chi connectivity index (χ4n) is 3.90. The van der Waals surface area contributed by atoms with Crippen molar-refractivity contribution in [2.75, 3.05) is 23.7 Å². The predicted molar refractivity (Wildman–Crippen MR) is 102 cm³/mol. The van der Waals surface area contributed by atoms with E-state index in [9.17, 15) is 9.59 Å². The van der Waals surface area contributed by atoms with Gasteiger partial charge in [-0.25, -0.2) is 0 Å². The molecular weight excluding hydrogens is 326 g/mol. The zero-order valence-corrected chi connectivity index (χ0v) is 14.6. The number of piperidine rings is 1. The zero-order valence-electron chi connectivity index (χ0n) is 14.6. The Morgan fingerprint density at radius 2 is 1.50 bits per heavy atom. The molecule has 5 nitrogen and oxygen atoms in total. The molecule has 134 valence electrons. The molecule has 1 atom stereocenters. The minimum Gasteiger partial charge on any atom is -0.324 e. The molecule has 1 saturated heterocycles. The number of benzene rings is 2. The number of hydrogen-bond acceptors (Lipinski definition) is 3. The van der Waals surface area contributed by atoms with Crippen LogP contribution in [0.4, 0.5) is 11.4 Å². The molecule has 2 amide bonds. The third-order valence-electron chi connectivity index (χ3n) is 5.57. The number of amides is 2. The molecule has 1 spiro atoms. The first-order valence-electron chi connectivity index (χ1n) is 9.15. The molecule has 0 bridgehead atoms. The number of nitrogens with one attached hydrogen (secondary N) is 3. The van der Waals surface area contributed by atoms with E-state index in [1.165, 1.54) is 0 Å². The van der Waals surface area contributed by atoms with Crippen LogP contribution in [-0.2, 0) is 4.79 Å². The summed E-state index contributed by atoms with van der Waals surface area (Å²) in [4.78, 5) is 25.1. The van der Waals surface area contributed by atoms with Crippen molar-refractivity contribution < 1.29 is 9.59 Å². The molecule has 26 heavy (non-hydrogen) atoms. The van der Waals surface area contributed by atoms with Crippen molar-refractivity contribution >= 4 is 23.2 Å². The first-order valence-corrected chi connectivity index (χ1v) is 9.15. The number of rotatable bonds is 4. The van der Waals surface area contributed by atoms with Gasteiger partial charge in [0.05, 0.1) is 11.4 Å². The molecule has 3 N–H and O–H groups in total. The van der Waals surface area contributed by atoms with Crippen LogP contribution >= 0.6 is 0 Å². The van der Waals surface area contributed by atoms with E-state index in [1.54, 1.807) is 12.1 Å². The first-order chi connectivity index (χ1) is 12.7. The van der Waals surface area contributed by atoms with Crippen LogP contribution in [0.5, 0.6) is 0 Å². The fourth-order valence-corrected chi connectivity index (χ4v) is 3.90. The Kier molecular flexibility index (Phi) is 4.47. The average Bonchev–Trinajstić information content (AvgIpc) is 3.37. The highest BCUT2D eigenvalue weighted by atomic mass is 16.2. The molecule has 4 rings (SSSR count). The van der Waals surface area contributed by atoms with E-state index in [0.717, 1.165) is 32.4 Å². The Bertz CT molecular complexity index is 813. The second kappa shape index (κ2) is 6.92. The number of hydrogen-bond donors (Lipinski definition) is 3. The summed E-state index contributed by atoms with van der Waals surface area (Å²) in [6, 6.07) is 16.4. The summed E-state index contributed by atoms with van der Waals surface area (Å²) in [5, 5.41) is 9.28. The second-order valence-corrected chi connectivity index (χ2v) is 7.22. The summed E-state index contributed by atoms with van der Waals surface area (Å²) >= 11 is 0. The molecule has 0 unspecified atom stereocenters. The number of para-hydroxylation sites is 2. The van der Waals surface area contributed by atoms with Gasteiger partial charge in [-0.05, 0) is 62.0 Å². The molecule has 2 aromatic carbocycles. The molecule has 0 radical (unpaired) electrons. The molecule has 5 heteroatoms. The quantitative estimate of drug-likeness (QED) is 0.793. The fraction of sp³-hybridized carbons (Fsp3) is 0.333. The van der Waals surface area contributed by atoms with Gasteiger partial charge in [0.1, 0.15) is 0 Å². The highest BCUT2D eigenvalue weighted by Crippen LogP contribution is 2.58. The first kappa shape index (κ1) is 16.8. The third-order valence-corrected chi connectivity index (χ3v) is 5.57. The monoisotopic (exact) mass is 349 g/mol. The zero-order chi connectivity index (χ0) is 18.0. The van der Waals surface area contributed by atoms with Gasteiger partial charge in [-0.1, -0.05) is 30.3 Å². The number of carbonyl (C=O) groups excluding carboxylic acids is 2. The molecule has 1 heterocycles. The van der Waals surface area contributed by atoms with Gasteiger partial charge in [0.15, 0.2) is 0 Å². The highest BCUT2D eigenvalue weighted by molar-refractivity contribution is 6.07. The van der Waals surface area contributed by atoms with Crippen molar-refractivity contribution in [3.8, 4) is 0 Å². The van der Waals surface area contributed by atoms with Gasteiger partial charge in [-0.3, -0.25) is 9.59 Å². The largest absolute Gasteiger partial charge is 0.324 e. The van der Waals surface area contributed by atoms with Gasteiger partial charge < -0.3 is 16.0 Å². The van der Waals surface area contributed by atoms with Crippen molar-refractivity contribution in [3.05, 3.63) is 60.2 Å². The molecule has 1 saturated carbocycles. The van der Waals surface area contributed by atoms with Crippen molar-refractivity contribution in [1.29, 1.82) is 0 Å². The van der Waals surface area contributed by atoms with E-state index >= 15 is 0 Å². The van der Waals surface area contributed by atoms with E-state index in [1.807, 2.05) is 42.5 Å². The van der Waals surface area contributed by atoms with Crippen LogP contribution in [0.1, 0.15) is 29.6 Å². The van der Waals surface area contributed by atoms with Crippen molar-refractivity contribution in [1.82, 2.24) is 5.32 Å². The summed E-state index contributed by atoms with van der Waals surface area (Å²) in [6.07, 6.45) is 3.11. The summed E-state index contributed by atoms with van der Waals surface area (Å²) in [5.41, 5.74) is 2.05. The summed E-state index contributed by atoms with van der Waals surface area (Å²) in [6.45, 7) is 1.99. The van der Waals surface area contributed by atoms with Crippen LogP contribution in [0.15, 0.2) is 54.6 Å². The van der Waals surface area contributed by atoms with E-state index < -0.39 is 0 Å². The van der Waals surface area contributed by atoms with Crippen LogP contribution in [0.3, 0.4) is 0 Å². The maximum Gasteiger partial charge on any atom is 0.255 e. The van der Waals surface area contributed by atoms with Crippen LogP contribution in [0, 0.1) is 11.3 Å². The second-order valence-electron chi connectivity index (χ2n) is 7.22. The average molecular weight is 349 g/mol. The standard InChI is InChI=1S/C21H23N3O2/c25-19(15-6-2-1-3-7-15)23-17-8-4-5-9-18(17)24-20(26)16-14-21(16)10-12-22-13-11-21/h1-9,16,22H,10-14H2,(H,23,25)(H,24,26)/t16-/m0/s1. The molecule has 2 aliphatic rings. The Labute approximate surface area is 153 Å². The van der Waals surface area contributed by atoms with Crippen LogP contribution in [-0.4, -0.2) is 24.9 Å². The van der Waals surface area contributed by atoms with E-state index in [2.05, 4.69) is 16.0 Å².